The molecule has 0 atom stereocenters. The van der Waals surface area contributed by atoms with Crippen LogP contribution < -0.4 is 26.4 Å². The number of anilines is 2. The van der Waals surface area contributed by atoms with E-state index in [9.17, 15) is 22.8 Å². The number of nitrogens with one attached hydrogen (secondary N) is 3. The second-order valence-electron chi connectivity index (χ2n) is 5.97. The first-order chi connectivity index (χ1) is 13.7. The molecule has 0 saturated carbocycles. The summed E-state index contributed by atoms with van der Waals surface area (Å²) in [6.45, 7) is 0.827. The molecule has 0 aliphatic heterocycles. The minimum absolute atomic E-state index is 0.184. The molecule has 0 aliphatic carbocycles. The van der Waals surface area contributed by atoms with Crippen LogP contribution in [0.25, 0.3) is 0 Å². The second kappa shape index (κ2) is 9.78. The lowest BCUT2D eigenvalue weighted by molar-refractivity contribution is -0.137. The molecule has 0 aromatic heterocycles. The maximum absolute atomic E-state index is 12.6. The number of urea groups is 1. The number of amides is 3. The van der Waals surface area contributed by atoms with Crippen LogP contribution in [0, 0.1) is 0 Å². The zero-order valence-corrected chi connectivity index (χ0v) is 15.6. The molecule has 0 radical (unpaired) electrons. The number of carbonyl (C=O) groups is 2. The van der Waals surface area contributed by atoms with Crippen LogP contribution in [-0.2, 0) is 6.18 Å². The Labute approximate surface area is 165 Å². The molecule has 0 unspecified atom stereocenters. The van der Waals surface area contributed by atoms with E-state index >= 15 is 0 Å². The molecule has 2 aromatic carbocycles. The fraction of sp³-hybridized carbons (Fsp3) is 0.263. The molecule has 0 heterocycles. The molecule has 2 aromatic rings. The smallest absolute Gasteiger partial charge is 0.416 e. The molecule has 0 spiro atoms. The average molecular weight is 410 g/mol. The number of hydrogen-bond acceptors (Lipinski definition) is 4. The first-order valence-corrected chi connectivity index (χ1v) is 8.66. The Balaban J connectivity index is 2.06. The van der Waals surface area contributed by atoms with Crippen LogP contribution >= 0.6 is 0 Å². The fourth-order valence-corrected chi connectivity index (χ4v) is 2.40. The lowest BCUT2D eigenvalue weighted by Gasteiger charge is -2.13. The van der Waals surface area contributed by atoms with Gasteiger partial charge >= 0.3 is 12.2 Å². The summed E-state index contributed by atoms with van der Waals surface area (Å²) in [5, 5.41) is 7.64. The Morgan fingerprint density at radius 3 is 2.24 bits per heavy atom. The normalized spacial score (nSPS) is 10.9. The molecule has 3 amide bonds. The van der Waals surface area contributed by atoms with E-state index in [0.29, 0.717) is 30.9 Å². The summed E-state index contributed by atoms with van der Waals surface area (Å²) in [4.78, 5) is 24.4. The van der Waals surface area contributed by atoms with E-state index in [1.54, 1.807) is 0 Å². The first kappa shape index (κ1) is 22.0. The maximum Gasteiger partial charge on any atom is 0.416 e. The van der Waals surface area contributed by atoms with E-state index in [0.717, 1.165) is 24.3 Å². The van der Waals surface area contributed by atoms with Crippen LogP contribution in [0.3, 0.4) is 0 Å². The molecule has 10 heteroatoms. The summed E-state index contributed by atoms with van der Waals surface area (Å²) < 4.78 is 42.9. The van der Waals surface area contributed by atoms with Crippen LogP contribution in [0.1, 0.15) is 22.3 Å². The molecular weight excluding hydrogens is 389 g/mol. The number of hydrogen-bond donors (Lipinski definition) is 4. The van der Waals surface area contributed by atoms with Gasteiger partial charge in [-0.25, -0.2) is 4.79 Å². The summed E-state index contributed by atoms with van der Waals surface area (Å²) in [5.74, 6) is -0.0638. The van der Waals surface area contributed by atoms with E-state index in [2.05, 4.69) is 16.0 Å². The number of nitrogens with two attached hydrogens (primary N) is 1. The van der Waals surface area contributed by atoms with Crippen molar-refractivity contribution >= 4 is 23.3 Å². The fourth-order valence-electron chi connectivity index (χ4n) is 2.40. The predicted molar refractivity (Wildman–Crippen MR) is 103 cm³/mol. The van der Waals surface area contributed by atoms with Gasteiger partial charge in [-0.2, -0.15) is 13.2 Å². The molecular formula is C19H21F3N4O3. The van der Waals surface area contributed by atoms with Crippen molar-refractivity contribution in [3.8, 4) is 5.75 Å². The van der Waals surface area contributed by atoms with Crippen molar-refractivity contribution < 1.29 is 27.5 Å². The Morgan fingerprint density at radius 2 is 1.66 bits per heavy atom. The summed E-state index contributed by atoms with van der Waals surface area (Å²) >= 11 is 0. The third kappa shape index (κ3) is 6.39. The molecule has 156 valence electrons. The van der Waals surface area contributed by atoms with Crippen LogP contribution in [0.4, 0.5) is 29.3 Å². The van der Waals surface area contributed by atoms with Crippen molar-refractivity contribution in [1.29, 1.82) is 0 Å². The summed E-state index contributed by atoms with van der Waals surface area (Å²) in [7, 11) is 1.41. The molecule has 2 rings (SSSR count). The molecule has 0 aliphatic rings. The average Bonchev–Trinajstić information content (AvgIpc) is 2.67. The van der Waals surface area contributed by atoms with E-state index in [1.165, 1.54) is 25.3 Å². The van der Waals surface area contributed by atoms with Gasteiger partial charge in [0.1, 0.15) is 5.75 Å². The second-order valence-corrected chi connectivity index (χ2v) is 5.97. The van der Waals surface area contributed by atoms with Gasteiger partial charge in [-0.05, 0) is 55.4 Å². The lowest BCUT2D eigenvalue weighted by Crippen LogP contribution is -2.26. The topological polar surface area (TPSA) is 105 Å². The van der Waals surface area contributed by atoms with Gasteiger partial charge in [-0.1, -0.05) is 0 Å². The largest absolute Gasteiger partial charge is 0.496 e. The standard InChI is InChI=1S/C19H21F3N4O3/c1-29-16-8-7-14(11-15(16)17(27)24-10-2-9-23)26-18(28)25-13-5-3-12(4-6-13)19(20,21)22/h3-8,11H,2,9-10,23H2,1H3,(H,24,27)(H2,25,26,28). The summed E-state index contributed by atoms with van der Waals surface area (Å²) in [6, 6.07) is 7.83. The van der Waals surface area contributed by atoms with Gasteiger partial charge in [0.15, 0.2) is 0 Å². The van der Waals surface area contributed by atoms with Crippen molar-refractivity contribution in [2.45, 2.75) is 12.6 Å². The monoisotopic (exact) mass is 410 g/mol. The molecule has 7 nitrogen and oxygen atoms in total. The van der Waals surface area contributed by atoms with E-state index in [4.69, 9.17) is 10.5 Å². The van der Waals surface area contributed by atoms with Gasteiger partial charge in [0.2, 0.25) is 0 Å². The van der Waals surface area contributed by atoms with E-state index < -0.39 is 17.8 Å². The van der Waals surface area contributed by atoms with Crippen LogP contribution in [0.5, 0.6) is 5.75 Å². The molecule has 0 fully saturated rings. The van der Waals surface area contributed by atoms with Crippen molar-refractivity contribution in [2.75, 3.05) is 30.8 Å². The molecule has 5 N–H and O–H groups in total. The van der Waals surface area contributed by atoms with Crippen LogP contribution in [0.2, 0.25) is 0 Å². The Morgan fingerprint density at radius 1 is 1.03 bits per heavy atom. The molecule has 29 heavy (non-hydrogen) atoms. The number of methoxy groups -OCH3 is 1. The maximum atomic E-state index is 12.6. The van der Waals surface area contributed by atoms with E-state index in [1.807, 2.05) is 0 Å². The van der Waals surface area contributed by atoms with Gasteiger partial charge in [-0.15, -0.1) is 0 Å². The zero-order valence-electron chi connectivity index (χ0n) is 15.6. The molecule has 0 saturated heterocycles. The number of ether oxygens (including phenoxy) is 1. The zero-order chi connectivity index (χ0) is 21.4. The minimum atomic E-state index is -4.45. The molecule has 0 bridgehead atoms. The Bertz CT molecular complexity index is 855. The number of benzene rings is 2. The number of halogens is 3. The quantitative estimate of drug-likeness (QED) is 0.525. The van der Waals surface area contributed by atoms with Gasteiger partial charge in [0, 0.05) is 17.9 Å². The third-order valence-electron chi connectivity index (χ3n) is 3.84. The number of rotatable bonds is 7. The van der Waals surface area contributed by atoms with Crippen LogP contribution in [0.15, 0.2) is 42.5 Å². The Hall–Kier alpha value is -3.27. The minimum Gasteiger partial charge on any atom is -0.496 e. The summed E-state index contributed by atoms with van der Waals surface area (Å²) in [5.41, 5.74) is 5.29. The number of carbonyl (C=O) groups excluding carboxylic acids is 2. The summed E-state index contributed by atoms with van der Waals surface area (Å²) in [6.07, 6.45) is -3.84. The number of alkyl halides is 3. The van der Waals surface area contributed by atoms with Crippen molar-refractivity contribution in [2.24, 2.45) is 5.73 Å². The van der Waals surface area contributed by atoms with Gasteiger partial charge < -0.3 is 26.4 Å². The van der Waals surface area contributed by atoms with Gasteiger partial charge in [-0.3, -0.25) is 4.79 Å². The van der Waals surface area contributed by atoms with Gasteiger partial charge in [0.25, 0.3) is 5.91 Å². The van der Waals surface area contributed by atoms with Crippen molar-refractivity contribution in [1.82, 2.24) is 5.32 Å². The lowest BCUT2D eigenvalue weighted by atomic mass is 10.1. The first-order valence-electron chi connectivity index (χ1n) is 8.66. The van der Waals surface area contributed by atoms with E-state index in [-0.39, 0.29) is 17.2 Å². The SMILES string of the molecule is COc1ccc(NC(=O)Nc2ccc(C(F)(F)F)cc2)cc1C(=O)NCCCN. The Kier molecular flexibility index (Phi) is 7.43. The van der Waals surface area contributed by atoms with Crippen molar-refractivity contribution in [3.63, 3.8) is 0 Å². The van der Waals surface area contributed by atoms with Crippen molar-refractivity contribution in [3.05, 3.63) is 53.6 Å². The highest BCUT2D eigenvalue weighted by molar-refractivity contribution is 6.02. The van der Waals surface area contributed by atoms with Crippen LogP contribution in [-0.4, -0.2) is 32.1 Å². The third-order valence-corrected chi connectivity index (χ3v) is 3.84. The van der Waals surface area contributed by atoms with Gasteiger partial charge in [0.05, 0.1) is 18.2 Å². The highest BCUT2D eigenvalue weighted by Crippen LogP contribution is 2.30. The highest BCUT2D eigenvalue weighted by atomic mass is 19.4. The predicted octanol–water partition coefficient (Wildman–Crippen LogP) is 3.44. The highest BCUT2D eigenvalue weighted by Gasteiger charge is 2.30.